The van der Waals surface area contributed by atoms with Gasteiger partial charge < -0.3 is 10.4 Å². The van der Waals surface area contributed by atoms with Crippen LogP contribution in [0.3, 0.4) is 0 Å². The Balaban J connectivity index is 2.61. The third-order valence-corrected chi connectivity index (χ3v) is 4.09. The summed E-state index contributed by atoms with van der Waals surface area (Å²) >= 11 is 1.70. The molecule has 0 saturated heterocycles. The summed E-state index contributed by atoms with van der Waals surface area (Å²) < 4.78 is 0. The highest BCUT2D eigenvalue weighted by Crippen LogP contribution is 2.25. The van der Waals surface area contributed by atoms with Crippen molar-refractivity contribution in [3.8, 4) is 0 Å². The molecule has 1 aromatic rings. The largest absolute Gasteiger partial charge is 0.390 e. The van der Waals surface area contributed by atoms with E-state index in [4.69, 9.17) is 0 Å². The zero-order chi connectivity index (χ0) is 13.6. The Kier molecular flexibility index (Phi) is 6.19. The zero-order valence-electron chi connectivity index (χ0n) is 11.9. The molecule has 0 aliphatic rings. The van der Waals surface area contributed by atoms with Gasteiger partial charge in [0.1, 0.15) is 0 Å². The zero-order valence-corrected chi connectivity index (χ0v) is 12.7. The van der Waals surface area contributed by atoms with Gasteiger partial charge in [0, 0.05) is 16.7 Å². The van der Waals surface area contributed by atoms with Crippen LogP contribution in [0.1, 0.15) is 45.7 Å². The van der Waals surface area contributed by atoms with Crippen molar-refractivity contribution >= 4 is 11.8 Å². The minimum absolute atomic E-state index is 0.382. The van der Waals surface area contributed by atoms with E-state index in [0.717, 1.165) is 13.0 Å². The lowest BCUT2D eigenvalue weighted by Crippen LogP contribution is -2.21. The molecule has 0 aliphatic carbocycles. The molecular weight excluding hydrogens is 242 g/mol. The maximum Gasteiger partial charge on any atom is 0.0685 e. The summed E-state index contributed by atoms with van der Waals surface area (Å²) in [5.74, 6) is 0.715. The number of rotatable bonds is 7. The van der Waals surface area contributed by atoms with Gasteiger partial charge in [-0.2, -0.15) is 0 Å². The second kappa shape index (κ2) is 7.17. The third kappa shape index (κ3) is 5.89. The van der Waals surface area contributed by atoms with E-state index in [1.807, 2.05) is 13.8 Å². The molecule has 0 aliphatic heterocycles. The first kappa shape index (κ1) is 15.5. The van der Waals surface area contributed by atoms with E-state index in [2.05, 4.69) is 43.4 Å². The molecule has 0 aromatic heterocycles. The molecule has 0 amide bonds. The van der Waals surface area contributed by atoms with Gasteiger partial charge in [-0.1, -0.05) is 19.1 Å². The molecule has 1 rings (SSSR count). The van der Waals surface area contributed by atoms with Crippen molar-refractivity contribution in [2.45, 2.75) is 50.7 Å². The molecular formula is C15H25NOS. The number of thioether (sulfide) groups is 1. The molecule has 0 bridgehead atoms. The molecule has 0 saturated carbocycles. The van der Waals surface area contributed by atoms with Crippen LogP contribution in [0.4, 0.5) is 0 Å². The van der Waals surface area contributed by atoms with Crippen molar-refractivity contribution in [3.63, 3.8) is 0 Å². The molecule has 1 atom stereocenters. The van der Waals surface area contributed by atoms with E-state index in [-0.39, 0.29) is 0 Å². The number of benzene rings is 1. The second-order valence-corrected chi connectivity index (χ2v) is 6.40. The highest BCUT2D eigenvalue weighted by molar-refractivity contribution is 7.99. The summed E-state index contributed by atoms with van der Waals surface area (Å²) in [6, 6.07) is 8.94. The van der Waals surface area contributed by atoms with Crippen LogP contribution in [0.2, 0.25) is 0 Å². The lowest BCUT2D eigenvalue weighted by Gasteiger charge is -2.18. The van der Waals surface area contributed by atoms with Gasteiger partial charge in [0.05, 0.1) is 5.60 Å². The molecule has 1 unspecified atom stereocenters. The SMILES string of the molecule is CCCNC(C)c1cccc(SCC(C)(C)O)c1. The summed E-state index contributed by atoms with van der Waals surface area (Å²) in [5, 5.41) is 13.2. The van der Waals surface area contributed by atoms with Gasteiger partial charge >= 0.3 is 0 Å². The lowest BCUT2D eigenvalue weighted by molar-refractivity contribution is 0.107. The topological polar surface area (TPSA) is 32.3 Å². The Morgan fingerprint density at radius 2 is 2.11 bits per heavy atom. The highest BCUT2D eigenvalue weighted by atomic mass is 32.2. The molecule has 0 spiro atoms. The Morgan fingerprint density at radius 1 is 1.39 bits per heavy atom. The molecule has 0 radical (unpaired) electrons. The molecule has 1 aromatic carbocycles. The van der Waals surface area contributed by atoms with Crippen LogP contribution in [-0.2, 0) is 0 Å². The predicted octanol–water partition coefficient (Wildman–Crippen LogP) is 3.61. The molecule has 2 N–H and O–H groups in total. The van der Waals surface area contributed by atoms with E-state index in [1.54, 1.807) is 11.8 Å². The lowest BCUT2D eigenvalue weighted by atomic mass is 10.1. The van der Waals surface area contributed by atoms with E-state index >= 15 is 0 Å². The summed E-state index contributed by atoms with van der Waals surface area (Å²) in [4.78, 5) is 1.22. The average Bonchev–Trinajstić information content (AvgIpc) is 2.33. The van der Waals surface area contributed by atoms with Crippen LogP contribution in [-0.4, -0.2) is 23.0 Å². The fourth-order valence-electron chi connectivity index (χ4n) is 1.61. The van der Waals surface area contributed by atoms with Crippen molar-refractivity contribution in [3.05, 3.63) is 29.8 Å². The van der Waals surface area contributed by atoms with Gasteiger partial charge in [0.25, 0.3) is 0 Å². The van der Waals surface area contributed by atoms with Gasteiger partial charge in [-0.05, 0) is 51.4 Å². The first-order valence-corrected chi connectivity index (χ1v) is 7.59. The van der Waals surface area contributed by atoms with Gasteiger partial charge in [0.15, 0.2) is 0 Å². The summed E-state index contributed by atoms with van der Waals surface area (Å²) in [7, 11) is 0. The number of hydrogen-bond acceptors (Lipinski definition) is 3. The van der Waals surface area contributed by atoms with Gasteiger partial charge in [-0.25, -0.2) is 0 Å². The van der Waals surface area contributed by atoms with Crippen LogP contribution in [0, 0.1) is 0 Å². The van der Waals surface area contributed by atoms with E-state index < -0.39 is 5.60 Å². The van der Waals surface area contributed by atoms with Crippen LogP contribution < -0.4 is 5.32 Å². The smallest absolute Gasteiger partial charge is 0.0685 e. The van der Waals surface area contributed by atoms with Crippen LogP contribution in [0.25, 0.3) is 0 Å². The van der Waals surface area contributed by atoms with Crippen molar-refractivity contribution in [1.29, 1.82) is 0 Å². The fourth-order valence-corrected chi connectivity index (χ4v) is 2.53. The van der Waals surface area contributed by atoms with Crippen LogP contribution in [0.15, 0.2) is 29.2 Å². The summed E-state index contributed by atoms with van der Waals surface area (Å²) in [6.07, 6.45) is 1.15. The predicted molar refractivity (Wildman–Crippen MR) is 80.2 cm³/mol. The molecule has 3 heteroatoms. The highest BCUT2D eigenvalue weighted by Gasteiger charge is 2.13. The second-order valence-electron chi connectivity index (χ2n) is 5.35. The minimum atomic E-state index is -0.618. The third-order valence-electron chi connectivity index (χ3n) is 2.65. The minimum Gasteiger partial charge on any atom is -0.390 e. The van der Waals surface area contributed by atoms with E-state index in [1.165, 1.54) is 10.5 Å². The number of aliphatic hydroxyl groups is 1. The molecule has 18 heavy (non-hydrogen) atoms. The van der Waals surface area contributed by atoms with Gasteiger partial charge in [-0.15, -0.1) is 11.8 Å². The average molecular weight is 267 g/mol. The van der Waals surface area contributed by atoms with Crippen LogP contribution >= 0.6 is 11.8 Å². The molecule has 102 valence electrons. The fraction of sp³-hybridized carbons (Fsp3) is 0.600. The van der Waals surface area contributed by atoms with Crippen molar-refractivity contribution < 1.29 is 5.11 Å². The Morgan fingerprint density at radius 3 is 2.72 bits per heavy atom. The number of nitrogens with one attached hydrogen (secondary N) is 1. The van der Waals surface area contributed by atoms with Crippen LogP contribution in [0.5, 0.6) is 0 Å². The van der Waals surface area contributed by atoms with E-state index in [9.17, 15) is 5.11 Å². The van der Waals surface area contributed by atoms with Gasteiger partial charge in [-0.3, -0.25) is 0 Å². The normalized spacial score (nSPS) is 13.6. The van der Waals surface area contributed by atoms with E-state index in [0.29, 0.717) is 11.8 Å². The van der Waals surface area contributed by atoms with Crippen molar-refractivity contribution in [1.82, 2.24) is 5.32 Å². The molecule has 0 fully saturated rings. The molecule has 0 heterocycles. The Bertz CT molecular complexity index is 360. The quantitative estimate of drug-likeness (QED) is 0.740. The first-order chi connectivity index (χ1) is 8.42. The standard InChI is InChI=1S/C15H25NOS/c1-5-9-16-12(2)13-7-6-8-14(10-13)18-11-15(3,4)17/h6-8,10,12,16-17H,5,9,11H2,1-4H3. The Hall–Kier alpha value is -0.510. The van der Waals surface area contributed by atoms with Crippen molar-refractivity contribution in [2.75, 3.05) is 12.3 Å². The van der Waals surface area contributed by atoms with Crippen molar-refractivity contribution in [2.24, 2.45) is 0 Å². The molecule has 2 nitrogen and oxygen atoms in total. The summed E-state index contributed by atoms with van der Waals surface area (Å²) in [6.45, 7) is 9.09. The maximum absolute atomic E-state index is 9.74. The number of hydrogen-bond donors (Lipinski definition) is 2. The maximum atomic E-state index is 9.74. The van der Waals surface area contributed by atoms with Gasteiger partial charge in [0.2, 0.25) is 0 Å². The Labute approximate surface area is 115 Å². The summed E-state index contributed by atoms with van der Waals surface area (Å²) in [5.41, 5.74) is 0.691. The first-order valence-electron chi connectivity index (χ1n) is 6.61. The monoisotopic (exact) mass is 267 g/mol.